The summed E-state index contributed by atoms with van der Waals surface area (Å²) in [7, 11) is 0. The van der Waals surface area contributed by atoms with Gasteiger partial charge in [-0.1, -0.05) is 6.07 Å². The Morgan fingerprint density at radius 1 is 1.08 bits per heavy atom. The van der Waals surface area contributed by atoms with Crippen molar-refractivity contribution in [1.82, 2.24) is 19.9 Å². The maximum absolute atomic E-state index is 12.6. The number of thiazole rings is 1. The number of aromatic nitrogens is 4. The van der Waals surface area contributed by atoms with Crippen molar-refractivity contribution in [2.24, 2.45) is 0 Å². The smallest absolute Gasteiger partial charge is 0.276 e. The summed E-state index contributed by atoms with van der Waals surface area (Å²) >= 11 is 1.38. The van der Waals surface area contributed by atoms with Crippen LogP contribution in [-0.4, -0.2) is 25.8 Å². The van der Waals surface area contributed by atoms with Crippen molar-refractivity contribution in [3.63, 3.8) is 0 Å². The summed E-state index contributed by atoms with van der Waals surface area (Å²) in [5.74, 6) is -0.225. The number of nitrogens with one attached hydrogen (secondary N) is 1. The fraction of sp³-hybridized carbons (Fsp3) is 0.235. The number of carbonyl (C=O) groups excluding carboxylic acids is 1. The average Bonchev–Trinajstić information content (AvgIpc) is 3.10. The Balaban J connectivity index is 1.56. The Labute approximate surface area is 143 Å². The van der Waals surface area contributed by atoms with E-state index in [9.17, 15) is 4.79 Å². The molecule has 0 saturated heterocycles. The number of hydrogen-bond acceptors (Lipinski definition) is 6. The molecule has 7 heteroatoms. The van der Waals surface area contributed by atoms with Crippen LogP contribution < -0.4 is 5.32 Å². The summed E-state index contributed by atoms with van der Waals surface area (Å²) in [6.45, 7) is 0. The number of fused-ring (bicyclic) bond motifs is 1. The predicted octanol–water partition coefficient (Wildman–Crippen LogP) is 3.13. The van der Waals surface area contributed by atoms with Crippen LogP contribution >= 0.6 is 11.3 Å². The van der Waals surface area contributed by atoms with E-state index in [1.807, 2.05) is 23.6 Å². The molecule has 1 aliphatic carbocycles. The van der Waals surface area contributed by atoms with Gasteiger partial charge in [0.05, 0.1) is 5.69 Å². The highest BCUT2D eigenvalue weighted by atomic mass is 32.1. The van der Waals surface area contributed by atoms with E-state index in [0.717, 1.165) is 48.3 Å². The second-order valence-electron chi connectivity index (χ2n) is 5.56. The van der Waals surface area contributed by atoms with Gasteiger partial charge >= 0.3 is 0 Å². The summed E-state index contributed by atoms with van der Waals surface area (Å²) in [6.07, 6.45) is 7.16. The number of amides is 1. The van der Waals surface area contributed by atoms with Crippen molar-refractivity contribution in [3.05, 3.63) is 53.1 Å². The van der Waals surface area contributed by atoms with E-state index in [0.29, 0.717) is 10.8 Å². The molecular weight excluding hydrogens is 322 g/mol. The highest BCUT2D eigenvalue weighted by Crippen LogP contribution is 2.25. The molecule has 0 saturated carbocycles. The molecule has 0 radical (unpaired) electrons. The second-order valence-corrected chi connectivity index (χ2v) is 6.42. The lowest BCUT2D eigenvalue weighted by molar-refractivity contribution is 0.102. The molecule has 0 bridgehead atoms. The fourth-order valence-electron chi connectivity index (χ4n) is 2.84. The van der Waals surface area contributed by atoms with E-state index in [-0.39, 0.29) is 5.91 Å². The number of aryl methyl sites for hydroxylation is 1. The van der Waals surface area contributed by atoms with Gasteiger partial charge in [0.1, 0.15) is 17.7 Å². The van der Waals surface area contributed by atoms with Gasteiger partial charge in [0.25, 0.3) is 5.91 Å². The van der Waals surface area contributed by atoms with E-state index in [2.05, 4.69) is 25.3 Å². The first-order chi connectivity index (χ1) is 11.8. The van der Waals surface area contributed by atoms with Crippen LogP contribution in [0.2, 0.25) is 0 Å². The third-order valence-corrected chi connectivity index (χ3v) is 4.75. The van der Waals surface area contributed by atoms with Crippen LogP contribution in [0.25, 0.3) is 11.4 Å². The lowest BCUT2D eigenvalue weighted by Crippen LogP contribution is -2.19. The number of anilines is 1. The molecule has 1 amide bonds. The third kappa shape index (κ3) is 2.90. The normalized spacial score (nSPS) is 13.3. The number of carbonyl (C=O) groups is 1. The van der Waals surface area contributed by atoms with Crippen LogP contribution in [0.1, 0.15) is 34.6 Å². The van der Waals surface area contributed by atoms with Crippen LogP contribution in [0.15, 0.2) is 36.1 Å². The summed E-state index contributed by atoms with van der Waals surface area (Å²) in [6, 6.07) is 5.66. The highest BCUT2D eigenvalue weighted by molar-refractivity contribution is 7.14. The highest BCUT2D eigenvalue weighted by Gasteiger charge is 2.21. The minimum Gasteiger partial charge on any atom is -0.296 e. The summed E-state index contributed by atoms with van der Waals surface area (Å²) in [5, 5.41) is 5.28. The second kappa shape index (κ2) is 6.45. The molecule has 0 aliphatic heterocycles. The van der Waals surface area contributed by atoms with E-state index in [1.54, 1.807) is 6.20 Å². The van der Waals surface area contributed by atoms with Crippen LogP contribution in [0, 0.1) is 0 Å². The standard InChI is InChI=1S/C17H15N5OS/c23-16(15-11-5-1-2-6-12(11)19-10-20-15)22-17-21-14(9-24-17)13-7-3-4-8-18-13/h3-4,7-10H,1-2,5-6H2,(H,21,22,23). The minimum absolute atomic E-state index is 0.225. The first-order valence-electron chi connectivity index (χ1n) is 7.82. The molecule has 24 heavy (non-hydrogen) atoms. The Hall–Kier alpha value is -2.67. The number of hydrogen-bond donors (Lipinski definition) is 1. The Morgan fingerprint density at radius 3 is 2.88 bits per heavy atom. The van der Waals surface area contributed by atoms with Crippen LogP contribution in [-0.2, 0) is 12.8 Å². The van der Waals surface area contributed by atoms with Gasteiger partial charge in [0, 0.05) is 22.8 Å². The fourth-order valence-corrected chi connectivity index (χ4v) is 3.54. The van der Waals surface area contributed by atoms with E-state index < -0.39 is 0 Å². The largest absolute Gasteiger partial charge is 0.296 e. The molecule has 1 aliphatic rings. The molecule has 0 spiro atoms. The first-order valence-corrected chi connectivity index (χ1v) is 8.70. The molecule has 6 nitrogen and oxygen atoms in total. The maximum Gasteiger partial charge on any atom is 0.276 e. The van der Waals surface area contributed by atoms with Gasteiger partial charge in [-0.25, -0.2) is 15.0 Å². The Morgan fingerprint density at radius 2 is 2.00 bits per heavy atom. The van der Waals surface area contributed by atoms with Crippen molar-refractivity contribution in [2.75, 3.05) is 5.32 Å². The minimum atomic E-state index is -0.225. The van der Waals surface area contributed by atoms with Gasteiger partial charge in [0.2, 0.25) is 0 Å². The van der Waals surface area contributed by atoms with Crippen LogP contribution in [0.4, 0.5) is 5.13 Å². The molecule has 0 fully saturated rings. The molecule has 0 aromatic carbocycles. The quantitative estimate of drug-likeness (QED) is 0.794. The van der Waals surface area contributed by atoms with Crippen molar-refractivity contribution in [1.29, 1.82) is 0 Å². The van der Waals surface area contributed by atoms with Gasteiger partial charge in [0.15, 0.2) is 5.13 Å². The van der Waals surface area contributed by atoms with Gasteiger partial charge in [-0.2, -0.15) is 0 Å². The van der Waals surface area contributed by atoms with Crippen molar-refractivity contribution in [3.8, 4) is 11.4 Å². The Kier molecular flexibility index (Phi) is 4.00. The number of pyridine rings is 1. The zero-order valence-electron chi connectivity index (χ0n) is 12.9. The lowest BCUT2D eigenvalue weighted by atomic mass is 9.94. The molecule has 1 N–H and O–H groups in total. The molecular formula is C17H15N5OS. The van der Waals surface area contributed by atoms with Crippen molar-refractivity contribution < 1.29 is 4.79 Å². The topological polar surface area (TPSA) is 80.7 Å². The molecule has 3 aromatic heterocycles. The van der Waals surface area contributed by atoms with Gasteiger partial charge in [-0.15, -0.1) is 11.3 Å². The first kappa shape index (κ1) is 14.9. The van der Waals surface area contributed by atoms with Gasteiger partial charge in [-0.3, -0.25) is 15.1 Å². The third-order valence-electron chi connectivity index (χ3n) is 3.99. The zero-order valence-corrected chi connectivity index (χ0v) is 13.7. The van der Waals surface area contributed by atoms with Crippen LogP contribution in [0.5, 0.6) is 0 Å². The maximum atomic E-state index is 12.6. The number of rotatable bonds is 3. The van der Waals surface area contributed by atoms with Gasteiger partial charge in [-0.05, 0) is 37.8 Å². The van der Waals surface area contributed by atoms with Crippen molar-refractivity contribution >= 4 is 22.4 Å². The molecule has 4 rings (SSSR count). The van der Waals surface area contributed by atoms with Gasteiger partial charge < -0.3 is 0 Å². The summed E-state index contributed by atoms with van der Waals surface area (Å²) in [4.78, 5) is 29.8. The number of nitrogens with zero attached hydrogens (tertiary/aromatic N) is 4. The van der Waals surface area contributed by atoms with E-state index in [1.165, 1.54) is 17.7 Å². The average molecular weight is 337 g/mol. The molecule has 3 heterocycles. The van der Waals surface area contributed by atoms with E-state index in [4.69, 9.17) is 0 Å². The predicted molar refractivity (Wildman–Crippen MR) is 92.0 cm³/mol. The monoisotopic (exact) mass is 337 g/mol. The molecule has 3 aromatic rings. The Bertz CT molecular complexity index is 878. The SMILES string of the molecule is O=C(Nc1nc(-c2ccccn2)cs1)c1ncnc2c1CCCC2. The lowest BCUT2D eigenvalue weighted by Gasteiger charge is -2.16. The zero-order chi connectivity index (χ0) is 16.4. The summed E-state index contributed by atoms with van der Waals surface area (Å²) < 4.78 is 0. The molecule has 0 unspecified atom stereocenters. The van der Waals surface area contributed by atoms with Crippen molar-refractivity contribution in [2.45, 2.75) is 25.7 Å². The molecule has 120 valence electrons. The molecule has 0 atom stereocenters. The van der Waals surface area contributed by atoms with Crippen LogP contribution in [0.3, 0.4) is 0 Å². The van der Waals surface area contributed by atoms with E-state index >= 15 is 0 Å². The summed E-state index contributed by atoms with van der Waals surface area (Å²) in [5.41, 5.74) is 3.97.